The summed E-state index contributed by atoms with van der Waals surface area (Å²) >= 11 is 0. The number of halogens is 3. The van der Waals surface area contributed by atoms with Crippen LogP contribution in [0.15, 0.2) is 51.8 Å². The standard InChI is InChI=1S/C16H9F3N4O2/c17-16(18,19)25-9-2-4-12-10(7-9)11(15(24)20-12)5-8-1-3-13-14(6-8)22-23-21-13/h1-7,20,24H/b8-5+. The van der Waals surface area contributed by atoms with Gasteiger partial charge in [-0.3, -0.25) is 0 Å². The molecular weight excluding hydrogens is 337 g/mol. The van der Waals surface area contributed by atoms with E-state index in [4.69, 9.17) is 0 Å². The Morgan fingerprint density at radius 2 is 1.96 bits per heavy atom. The highest BCUT2D eigenvalue weighted by molar-refractivity contribution is 5.92. The smallest absolute Gasteiger partial charge is 0.494 e. The summed E-state index contributed by atoms with van der Waals surface area (Å²) in [5.41, 5.74) is 1.40. The van der Waals surface area contributed by atoms with Gasteiger partial charge in [0.1, 0.15) is 16.8 Å². The van der Waals surface area contributed by atoms with Crippen molar-refractivity contribution in [3.63, 3.8) is 0 Å². The summed E-state index contributed by atoms with van der Waals surface area (Å²) in [5, 5.41) is 23.0. The molecule has 0 saturated carbocycles. The predicted octanol–water partition coefficient (Wildman–Crippen LogP) is 3.23. The molecule has 0 spiro atoms. The van der Waals surface area contributed by atoms with Crippen LogP contribution in [-0.4, -0.2) is 16.5 Å². The largest absolute Gasteiger partial charge is 0.573 e. The summed E-state index contributed by atoms with van der Waals surface area (Å²) in [4.78, 5) is 2.72. The molecule has 0 fully saturated rings. The van der Waals surface area contributed by atoms with Gasteiger partial charge in [-0.1, -0.05) is 6.07 Å². The van der Waals surface area contributed by atoms with Crippen LogP contribution in [0, 0.1) is 0 Å². The van der Waals surface area contributed by atoms with Gasteiger partial charge in [-0.25, -0.2) is 0 Å². The van der Waals surface area contributed by atoms with Crippen molar-refractivity contribution in [1.82, 2.24) is 4.98 Å². The number of alkyl halides is 3. The molecule has 4 rings (SSSR count). The zero-order valence-corrected chi connectivity index (χ0v) is 12.4. The molecule has 1 aliphatic rings. The Kier molecular flexibility index (Phi) is 3.24. The molecule has 2 heterocycles. The third-order valence-corrected chi connectivity index (χ3v) is 3.64. The van der Waals surface area contributed by atoms with Gasteiger partial charge in [-0.05, 0) is 46.8 Å². The first-order valence-corrected chi connectivity index (χ1v) is 7.10. The highest BCUT2D eigenvalue weighted by Crippen LogP contribution is 2.32. The van der Waals surface area contributed by atoms with Crippen LogP contribution in [-0.2, 0) is 0 Å². The number of H-pyrrole nitrogens is 1. The van der Waals surface area contributed by atoms with Crippen molar-refractivity contribution in [3.8, 4) is 11.6 Å². The SMILES string of the molecule is Oc1[nH]c2ccc(OC(F)(F)F)cc2c1/C=c1\ccc2c(c1)N=NN=2. The minimum absolute atomic E-state index is 0.161. The van der Waals surface area contributed by atoms with Crippen LogP contribution in [0.3, 0.4) is 0 Å². The van der Waals surface area contributed by atoms with Crippen LogP contribution in [0.5, 0.6) is 11.6 Å². The lowest BCUT2D eigenvalue weighted by Crippen LogP contribution is -2.16. The van der Waals surface area contributed by atoms with Crippen molar-refractivity contribution in [2.75, 3.05) is 0 Å². The predicted molar refractivity (Wildman–Crippen MR) is 82.0 cm³/mol. The zero-order chi connectivity index (χ0) is 17.6. The van der Waals surface area contributed by atoms with Crippen molar-refractivity contribution in [3.05, 3.63) is 52.5 Å². The van der Waals surface area contributed by atoms with Crippen LogP contribution in [0.1, 0.15) is 5.56 Å². The number of fused-ring (bicyclic) bond motifs is 2. The normalized spacial score (nSPS) is 14.0. The van der Waals surface area contributed by atoms with E-state index in [0.29, 0.717) is 32.7 Å². The Balaban J connectivity index is 1.85. The van der Waals surface area contributed by atoms with Crippen molar-refractivity contribution >= 4 is 22.7 Å². The average molecular weight is 346 g/mol. The Morgan fingerprint density at radius 3 is 2.76 bits per heavy atom. The molecule has 6 nitrogen and oxygen atoms in total. The minimum Gasteiger partial charge on any atom is -0.494 e. The number of benzene rings is 2. The van der Waals surface area contributed by atoms with Crippen molar-refractivity contribution in [1.29, 1.82) is 0 Å². The molecule has 0 bridgehead atoms. The van der Waals surface area contributed by atoms with Gasteiger partial charge in [0.25, 0.3) is 0 Å². The number of aromatic amines is 1. The summed E-state index contributed by atoms with van der Waals surface area (Å²) in [7, 11) is 0. The quantitative estimate of drug-likeness (QED) is 0.747. The van der Waals surface area contributed by atoms with Gasteiger partial charge in [0, 0.05) is 16.5 Å². The second-order valence-electron chi connectivity index (χ2n) is 5.32. The molecule has 0 saturated heterocycles. The van der Waals surface area contributed by atoms with E-state index in [1.807, 2.05) is 0 Å². The number of hydrogen-bond acceptors (Lipinski definition) is 5. The van der Waals surface area contributed by atoms with Gasteiger partial charge in [-0.2, -0.15) is 0 Å². The Bertz CT molecular complexity index is 1130. The molecule has 2 N–H and O–H groups in total. The van der Waals surface area contributed by atoms with E-state index in [2.05, 4.69) is 25.2 Å². The lowest BCUT2D eigenvalue weighted by molar-refractivity contribution is -0.274. The molecule has 3 aromatic rings. The lowest BCUT2D eigenvalue weighted by atomic mass is 10.1. The van der Waals surface area contributed by atoms with Crippen LogP contribution >= 0.6 is 0 Å². The minimum atomic E-state index is -4.79. The van der Waals surface area contributed by atoms with Crippen LogP contribution < -0.4 is 15.3 Å². The average Bonchev–Trinajstić information content (AvgIpc) is 3.11. The van der Waals surface area contributed by atoms with Gasteiger partial charge >= 0.3 is 6.36 Å². The number of rotatable bonds is 2. The fraction of sp³-hybridized carbons (Fsp3) is 0.0625. The monoisotopic (exact) mass is 346 g/mol. The first-order chi connectivity index (χ1) is 11.9. The van der Waals surface area contributed by atoms with Gasteiger partial charge in [0.15, 0.2) is 5.88 Å². The molecule has 0 radical (unpaired) electrons. The van der Waals surface area contributed by atoms with E-state index >= 15 is 0 Å². The first kappa shape index (κ1) is 15.2. The number of nitrogens with one attached hydrogen (secondary N) is 1. The fourth-order valence-corrected chi connectivity index (χ4v) is 2.60. The Morgan fingerprint density at radius 1 is 1.12 bits per heavy atom. The Labute approximate surface area is 137 Å². The lowest BCUT2D eigenvalue weighted by Gasteiger charge is -2.08. The summed E-state index contributed by atoms with van der Waals surface area (Å²) in [6.07, 6.45) is -3.16. The van der Waals surface area contributed by atoms with Gasteiger partial charge < -0.3 is 14.8 Å². The molecule has 0 unspecified atom stereocenters. The number of ether oxygens (including phenoxy) is 1. The van der Waals surface area contributed by atoms with E-state index < -0.39 is 6.36 Å². The van der Waals surface area contributed by atoms with Crippen LogP contribution in [0.25, 0.3) is 17.0 Å². The molecule has 9 heteroatoms. The molecule has 1 aromatic heterocycles. The maximum atomic E-state index is 12.4. The third-order valence-electron chi connectivity index (χ3n) is 3.64. The third kappa shape index (κ3) is 2.91. The second-order valence-corrected chi connectivity index (χ2v) is 5.32. The summed E-state index contributed by atoms with van der Waals surface area (Å²) in [5.74, 6) is -0.527. The van der Waals surface area contributed by atoms with Crippen LogP contribution in [0.2, 0.25) is 0 Å². The summed E-state index contributed by atoms with van der Waals surface area (Å²) in [6, 6.07) is 8.96. The molecule has 0 atom stereocenters. The summed E-state index contributed by atoms with van der Waals surface area (Å²) < 4.78 is 41.2. The Hall–Kier alpha value is -3.36. The van der Waals surface area contributed by atoms with E-state index in [1.165, 1.54) is 18.2 Å². The van der Waals surface area contributed by atoms with Gasteiger partial charge in [0.05, 0.1) is 0 Å². The van der Waals surface area contributed by atoms with E-state index in [-0.39, 0.29) is 11.6 Å². The van der Waals surface area contributed by atoms with Gasteiger partial charge in [-0.15, -0.1) is 23.4 Å². The first-order valence-electron chi connectivity index (χ1n) is 7.10. The topological polar surface area (TPSA) is 82.3 Å². The fourth-order valence-electron chi connectivity index (χ4n) is 2.60. The van der Waals surface area contributed by atoms with Crippen molar-refractivity contribution in [2.45, 2.75) is 6.36 Å². The number of aromatic nitrogens is 1. The highest BCUT2D eigenvalue weighted by atomic mass is 19.4. The van der Waals surface area contributed by atoms with E-state index in [0.717, 1.165) is 0 Å². The molecular formula is C16H9F3N4O2. The highest BCUT2D eigenvalue weighted by Gasteiger charge is 2.31. The van der Waals surface area contributed by atoms with Crippen molar-refractivity contribution < 1.29 is 23.0 Å². The van der Waals surface area contributed by atoms with E-state index in [9.17, 15) is 18.3 Å². The maximum Gasteiger partial charge on any atom is 0.573 e. The molecule has 1 aliphatic heterocycles. The second kappa shape index (κ2) is 5.33. The van der Waals surface area contributed by atoms with Crippen molar-refractivity contribution in [2.24, 2.45) is 15.4 Å². The summed E-state index contributed by atoms with van der Waals surface area (Å²) in [6.45, 7) is 0. The maximum absolute atomic E-state index is 12.4. The molecule has 25 heavy (non-hydrogen) atoms. The zero-order valence-electron chi connectivity index (χ0n) is 12.4. The number of aromatic hydroxyl groups is 1. The molecule has 0 amide bonds. The number of nitrogens with zero attached hydrogens (tertiary/aromatic N) is 3. The van der Waals surface area contributed by atoms with Gasteiger partial charge in [0.2, 0.25) is 0 Å². The molecule has 126 valence electrons. The molecule has 2 aromatic carbocycles. The molecule has 0 aliphatic carbocycles. The van der Waals surface area contributed by atoms with E-state index in [1.54, 1.807) is 24.3 Å². The number of hydrogen-bond donors (Lipinski definition) is 2. The van der Waals surface area contributed by atoms with Crippen LogP contribution in [0.4, 0.5) is 18.9 Å².